The summed E-state index contributed by atoms with van der Waals surface area (Å²) in [6.07, 6.45) is 0. The second-order valence-corrected chi connectivity index (χ2v) is 5.69. The molecular weight excluding hydrogens is 334 g/mol. The minimum atomic E-state index is 0.672. The predicted molar refractivity (Wildman–Crippen MR) is 86.5 cm³/mol. The topological polar surface area (TPSA) is 22.8 Å². The minimum Gasteiger partial charge on any atom is -0.268 e. The summed E-state index contributed by atoms with van der Waals surface area (Å²) in [7, 11) is 1.86. The first-order chi connectivity index (χ1) is 9.66. The Balaban J connectivity index is 2.28. The van der Waals surface area contributed by atoms with Crippen LogP contribution < -0.4 is 0 Å². The van der Waals surface area contributed by atoms with Gasteiger partial charge in [-0.3, -0.25) is 4.57 Å². The zero-order valence-corrected chi connectivity index (χ0v) is 13.2. The normalized spacial score (nSPS) is 10.7. The largest absolute Gasteiger partial charge is 0.268 e. The summed E-state index contributed by atoms with van der Waals surface area (Å²) < 4.78 is 5.40. The summed E-state index contributed by atoms with van der Waals surface area (Å²) in [5, 5.41) is 4.55. The van der Waals surface area contributed by atoms with Crippen LogP contribution in [-0.2, 0) is 7.05 Å². The number of hydrogen-bond donors (Lipinski definition) is 0. The highest BCUT2D eigenvalue weighted by Gasteiger charge is 2.12. The molecule has 0 unspecified atom stereocenters. The summed E-state index contributed by atoms with van der Waals surface area (Å²) in [5.74, 6) is 0.838. The maximum Gasteiger partial charge on any atom is 0.202 e. The molecule has 1 aromatic heterocycles. The average molecular weight is 346 g/mol. The van der Waals surface area contributed by atoms with E-state index in [-0.39, 0.29) is 0 Å². The molecule has 100 valence electrons. The molecule has 0 aliphatic heterocycles. The van der Waals surface area contributed by atoms with Gasteiger partial charge in [0.05, 0.1) is 0 Å². The summed E-state index contributed by atoms with van der Waals surface area (Å²) in [4.78, 5) is 0. The third-order valence-corrected chi connectivity index (χ3v) is 3.96. The van der Waals surface area contributed by atoms with E-state index >= 15 is 0 Å². The third kappa shape index (κ3) is 2.34. The second kappa shape index (κ2) is 5.34. The number of aryl methyl sites for hydroxylation is 1. The third-order valence-electron chi connectivity index (χ3n) is 3.02. The SMILES string of the molecule is Cn1nc(-c2cccc(Br)c2)n(-c2ccccc2)c1=S. The lowest BCUT2D eigenvalue weighted by molar-refractivity contribution is 0.750. The minimum absolute atomic E-state index is 0.672. The average Bonchev–Trinajstić information content (AvgIpc) is 2.76. The first-order valence-electron chi connectivity index (χ1n) is 6.14. The molecule has 3 aromatic rings. The number of rotatable bonds is 2. The van der Waals surface area contributed by atoms with Gasteiger partial charge in [0, 0.05) is 22.8 Å². The predicted octanol–water partition coefficient (Wildman–Crippen LogP) is 4.37. The highest BCUT2D eigenvalue weighted by molar-refractivity contribution is 9.10. The summed E-state index contributed by atoms with van der Waals surface area (Å²) >= 11 is 8.98. The van der Waals surface area contributed by atoms with E-state index in [4.69, 9.17) is 12.2 Å². The van der Waals surface area contributed by atoms with Crippen molar-refractivity contribution in [3.05, 3.63) is 63.8 Å². The standard InChI is InChI=1S/C15H12BrN3S/c1-18-15(20)19(13-8-3-2-4-9-13)14(17-18)11-6-5-7-12(16)10-11/h2-10H,1H3. The van der Waals surface area contributed by atoms with Gasteiger partial charge >= 0.3 is 0 Å². The van der Waals surface area contributed by atoms with Crippen LogP contribution in [0.3, 0.4) is 0 Å². The molecule has 0 N–H and O–H groups in total. The molecule has 0 spiro atoms. The number of aromatic nitrogens is 3. The van der Waals surface area contributed by atoms with Crippen molar-refractivity contribution in [1.29, 1.82) is 0 Å². The molecule has 3 nitrogen and oxygen atoms in total. The van der Waals surface area contributed by atoms with E-state index in [9.17, 15) is 0 Å². The fourth-order valence-corrected chi connectivity index (χ4v) is 2.72. The monoisotopic (exact) mass is 345 g/mol. The molecule has 0 amide bonds. The number of halogens is 1. The van der Waals surface area contributed by atoms with Gasteiger partial charge in [-0.1, -0.05) is 46.3 Å². The Bertz CT molecular complexity index is 805. The maximum atomic E-state index is 5.48. The highest BCUT2D eigenvalue weighted by Crippen LogP contribution is 2.24. The van der Waals surface area contributed by atoms with Gasteiger partial charge in [-0.25, -0.2) is 4.68 Å². The molecule has 0 aliphatic carbocycles. The molecule has 0 radical (unpaired) electrons. The molecule has 0 atom stereocenters. The molecule has 5 heteroatoms. The van der Waals surface area contributed by atoms with Gasteiger partial charge < -0.3 is 0 Å². The van der Waals surface area contributed by atoms with Gasteiger partial charge in [-0.2, -0.15) is 5.10 Å². The molecule has 0 fully saturated rings. The van der Waals surface area contributed by atoms with E-state index in [2.05, 4.69) is 21.0 Å². The van der Waals surface area contributed by atoms with Crippen LogP contribution in [0.1, 0.15) is 0 Å². The Labute approximate surface area is 130 Å². The van der Waals surface area contributed by atoms with Gasteiger partial charge in [-0.05, 0) is 36.5 Å². The Hall–Kier alpha value is -1.72. The fourth-order valence-electron chi connectivity index (χ4n) is 2.09. The van der Waals surface area contributed by atoms with Crippen LogP contribution in [0.4, 0.5) is 0 Å². The van der Waals surface area contributed by atoms with Gasteiger partial charge in [0.2, 0.25) is 4.77 Å². The highest BCUT2D eigenvalue weighted by atomic mass is 79.9. The van der Waals surface area contributed by atoms with Crippen molar-refractivity contribution in [2.75, 3.05) is 0 Å². The van der Waals surface area contributed by atoms with E-state index in [1.54, 1.807) is 4.68 Å². The van der Waals surface area contributed by atoms with E-state index < -0.39 is 0 Å². The maximum absolute atomic E-state index is 5.48. The van der Waals surface area contributed by atoms with Crippen LogP contribution in [0, 0.1) is 4.77 Å². The fraction of sp³-hybridized carbons (Fsp3) is 0.0667. The molecule has 0 saturated carbocycles. The van der Waals surface area contributed by atoms with Crippen LogP contribution in [-0.4, -0.2) is 14.3 Å². The van der Waals surface area contributed by atoms with E-state index in [1.807, 2.05) is 66.2 Å². The molecule has 0 saturated heterocycles. The molecule has 3 rings (SSSR count). The van der Waals surface area contributed by atoms with Gasteiger partial charge in [0.15, 0.2) is 5.82 Å². The zero-order chi connectivity index (χ0) is 14.1. The van der Waals surface area contributed by atoms with Crippen LogP contribution >= 0.6 is 28.1 Å². The van der Waals surface area contributed by atoms with E-state index in [1.165, 1.54) is 0 Å². The smallest absolute Gasteiger partial charge is 0.202 e. The zero-order valence-electron chi connectivity index (χ0n) is 10.8. The lowest BCUT2D eigenvalue weighted by Crippen LogP contribution is -1.97. The summed E-state index contributed by atoms with van der Waals surface area (Å²) in [5.41, 5.74) is 2.04. The van der Waals surface area contributed by atoms with Crippen molar-refractivity contribution in [2.24, 2.45) is 7.05 Å². The van der Waals surface area contributed by atoms with Crippen LogP contribution in [0.25, 0.3) is 17.1 Å². The van der Waals surface area contributed by atoms with E-state index in [0.29, 0.717) is 4.77 Å². The first-order valence-corrected chi connectivity index (χ1v) is 7.34. The molecule has 1 heterocycles. The Morgan fingerprint density at radius 3 is 2.50 bits per heavy atom. The van der Waals surface area contributed by atoms with Crippen molar-refractivity contribution in [2.45, 2.75) is 0 Å². The van der Waals surface area contributed by atoms with Crippen molar-refractivity contribution in [3.63, 3.8) is 0 Å². The second-order valence-electron chi connectivity index (χ2n) is 4.41. The van der Waals surface area contributed by atoms with Crippen LogP contribution in [0.2, 0.25) is 0 Å². The van der Waals surface area contributed by atoms with Gasteiger partial charge in [-0.15, -0.1) is 0 Å². The van der Waals surface area contributed by atoms with Gasteiger partial charge in [0.25, 0.3) is 0 Å². The van der Waals surface area contributed by atoms with Crippen molar-refractivity contribution >= 4 is 28.1 Å². The number of benzene rings is 2. The lowest BCUT2D eigenvalue weighted by Gasteiger charge is -2.06. The number of hydrogen-bond acceptors (Lipinski definition) is 2. The molecule has 2 aromatic carbocycles. The molecule has 20 heavy (non-hydrogen) atoms. The lowest BCUT2D eigenvalue weighted by atomic mass is 10.2. The summed E-state index contributed by atoms with van der Waals surface area (Å²) in [6.45, 7) is 0. The van der Waals surface area contributed by atoms with E-state index in [0.717, 1.165) is 21.5 Å². The number of nitrogens with zero attached hydrogens (tertiary/aromatic N) is 3. The molecular formula is C15H12BrN3S. The van der Waals surface area contributed by atoms with Crippen molar-refractivity contribution in [1.82, 2.24) is 14.3 Å². The quantitative estimate of drug-likeness (QED) is 0.643. The first kappa shape index (κ1) is 13.3. The number of para-hydroxylation sites is 1. The molecule has 0 bridgehead atoms. The van der Waals surface area contributed by atoms with Crippen molar-refractivity contribution < 1.29 is 0 Å². The molecule has 0 aliphatic rings. The van der Waals surface area contributed by atoms with Gasteiger partial charge in [0.1, 0.15) is 0 Å². The Morgan fingerprint density at radius 1 is 1.05 bits per heavy atom. The van der Waals surface area contributed by atoms with Crippen molar-refractivity contribution in [3.8, 4) is 17.1 Å². The van der Waals surface area contributed by atoms with Crippen LogP contribution in [0.15, 0.2) is 59.1 Å². The Kier molecular flexibility index (Phi) is 3.54. The summed E-state index contributed by atoms with van der Waals surface area (Å²) in [6, 6.07) is 18.1. The van der Waals surface area contributed by atoms with Crippen LogP contribution in [0.5, 0.6) is 0 Å². The Morgan fingerprint density at radius 2 is 1.80 bits per heavy atom.